The van der Waals surface area contributed by atoms with Crippen LogP contribution in [0.2, 0.25) is 5.15 Å². The Morgan fingerprint density at radius 1 is 1.60 bits per heavy atom. The minimum absolute atomic E-state index is 0.0269. The van der Waals surface area contributed by atoms with Crippen molar-refractivity contribution < 1.29 is 9.90 Å². The molecule has 2 atom stereocenters. The van der Waals surface area contributed by atoms with Crippen molar-refractivity contribution in [2.45, 2.75) is 45.1 Å². The number of amides is 1. The molecule has 2 unspecified atom stereocenters. The zero-order chi connectivity index (χ0) is 14.8. The lowest BCUT2D eigenvalue weighted by Crippen LogP contribution is -2.53. The predicted molar refractivity (Wildman–Crippen MR) is 78.9 cm³/mol. The average molecular weight is 297 g/mol. The Kier molecular flexibility index (Phi) is 4.66. The third-order valence-corrected chi connectivity index (χ3v) is 4.15. The standard InChI is InChI=1S/C15H21ClN2O2/c1-10-4-3-5-15(8-10,9-19)18-14(20)12-6-11(2)17-13(16)7-12/h6-7,10,19H,3-5,8-9H2,1-2H3,(H,18,20). The molecule has 1 aliphatic rings. The third-order valence-electron chi connectivity index (χ3n) is 3.96. The molecule has 0 radical (unpaired) electrons. The molecule has 0 bridgehead atoms. The summed E-state index contributed by atoms with van der Waals surface area (Å²) in [6.07, 6.45) is 3.81. The maximum Gasteiger partial charge on any atom is 0.251 e. The number of halogens is 1. The van der Waals surface area contributed by atoms with Gasteiger partial charge in [-0.2, -0.15) is 0 Å². The smallest absolute Gasteiger partial charge is 0.251 e. The molecule has 1 amide bonds. The van der Waals surface area contributed by atoms with Crippen LogP contribution in [0.15, 0.2) is 12.1 Å². The molecule has 1 fully saturated rings. The van der Waals surface area contributed by atoms with Crippen molar-refractivity contribution >= 4 is 17.5 Å². The molecule has 110 valence electrons. The number of pyridine rings is 1. The topological polar surface area (TPSA) is 62.2 Å². The van der Waals surface area contributed by atoms with Crippen LogP contribution in [0.5, 0.6) is 0 Å². The fraction of sp³-hybridized carbons (Fsp3) is 0.600. The number of aliphatic hydroxyl groups is 1. The van der Waals surface area contributed by atoms with E-state index in [2.05, 4.69) is 17.2 Å². The molecule has 0 saturated heterocycles. The van der Waals surface area contributed by atoms with Crippen molar-refractivity contribution in [3.8, 4) is 0 Å². The van der Waals surface area contributed by atoms with Gasteiger partial charge in [0.15, 0.2) is 0 Å². The maximum absolute atomic E-state index is 12.4. The number of nitrogens with zero attached hydrogens (tertiary/aromatic N) is 1. The summed E-state index contributed by atoms with van der Waals surface area (Å²) in [6, 6.07) is 3.26. The summed E-state index contributed by atoms with van der Waals surface area (Å²) in [5.74, 6) is 0.319. The first-order valence-electron chi connectivity index (χ1n) is 7.02. The van der Waals surface area contributed by atoms with Gasteiger partial charge in [-0.25, -0.2) is 4.98 Å². The molecule has 0 aromatic carbocycles. The molecule has 1 aromatic heterocycles. The molecule has 1 heterocycles. The fourth-order valence-corrected chi connectivity index (χ4v) is 3.28. The highest BCUT2D eigenvalue weighted by Gasteiger charge is 2.36. The molecule has 0 spiro atoms. The van der Waals surface area contributed by atoms with Crippen LogP contribution in [0.1, 0.15) is 48.7 Å². The normalized spacial score (nSPS) is 26.3. The number of nitrogens with one attached hydrogen (secondary N) is 1. The monoisotopic (exact) mass is 296 g/mol. The summed E-state index contributed by atoms with van der Waals surface area (Å²) in [6.45, 7) is 3.93. The summed E-state index contributed by atoms with van der Waals surface area (Å²) in [4.78, 5) is 16.4. The van der Waals surface area contributed by atoms with E-state index in [1.807, 2.05) is 0 Å². The van der Waals surface area contributed by atoms with Gasteiger partial charge in [0.1, 0.15) is 5.15 Å². The summed E-state index contributed by atoms with van der Waals surface area (Å²) in [5.41, 5.74) is 0.699. The molecule has 1 aliphatic carbocycles. The molecule has 2 rings (SSSR count). The maximum atomic E-state index is 12.4. The van der Waals surface area contributed by atoms with Crippen molar-refractivity contribution in [2.75, 3.05) is 6.61 Å². The fourth-order valence-electron chi connectivity index (χ4n) is 3.03. The van der Waals surface area contributed by atoms with Crippen LogP contribution in [-0.2, 0) is 0 Å². The zero-order valence-corrected chi connectivity index (χ0v) is 12.7. The lowest BCUT2D eigenvalue weighted by atomic mass is 9.76. The van der Waals surface area contributed by atoms with E-state index in [0.717, 1.165) is 25.7 Å². The SMILES string of the molecule is Cc1cc(C(=O)NC2(CO)CCCC(C)C2)cc(Cl)n1. The van der Waals surface area contributed by atoms with Gasteiger partial charge in [0.2, 0.25) is 0 Å². The van der Waals surface area contributed by atoms with Crippen LogP contribution in [0, 0.1) is 12.8 Å². The number of hydrogen-bond acceptors (Lipinski definition) is 3. The number of aromatic nitrogens is 1. The first-order chi connectivity index (χ1) is 9.44. The van der Waals surface area contributed by atoms with E-state index < -0.39 is 5.54 Å². The van der Waals surface area contributed by atoms with E-state index in [1.54, 1.807) is 19.1 Å². The molecule has 1 aromatic rings. The highest BCUT2D eigenvalue weighted by molar-refractivity contribution is 6.29. The second-order valence-corrected chi connectivity index (χ2v) is 6.30. The van der Waals surface area contributed by atoms with E-state index >= 15 is 0 Å². The zero-order valence-electron chi connectivity index (χ0n) is 11.9. The summed E-state index contributed by atoms with van der Waals surface area (Å²) in [5, 5.41) is 13.0. The van der Waals surface area contributed by atoms with Crippen LogP contribution < -0.4 is 5.32 Å². The van der Waals surface area contributed by atoms with E-state index in [0.29, 0.717) is 22.3 Å². The van der Waals surface area contributed by atoms with Crippen molar-refractivity contribution in [2.24, 2.45) is 5.92 Å². The van der Waals surface area contributed by atoms with Crippen LogP contribution in [0.25, 0.3) is 0 Å². The van der Waals surface area contributed by atoms with Gasteiger partial charge in [0.25, 0.3) is 5.91 Å². The highest BCUT2D eigenvalue weighted by Crippen LogP contribution is 2.32. The molecule has 20 heavy (non-hydrogen) atoms. The van der Waals surface area contributed by atoms with Crippen molar-refractivity contribution in [1.29, 1.82) is 0 Å². The average Bonchev–Trinajstić information content (AvgIpc) is 2.37. The minimum atomic E-state index is -0.502. The van der Waals surface area contributed by atoms with Gasteiger partial charge < -0.3 is 10.4 Å². The summed E-state index contributed by atoms with van der Waals surface area (Å²) >= 11 is 5.89. The Bertz CT molecular complexity index is 486. The second-order valence-electron chi connectivity index (χ2n) is 5.91. The van der Waals surface area contributed by atoms with Crippen LogP contribution in [-0.4, -0.2) is 28.1 Å². The molecular formula is C15H21ClN2O2. The predicted octanol–water partition coefficient (Wildman–Crippen LogP) is 2.71. The van der Waals surface area contributed by atoms with Gasteiger partial charge in [0, 0.05) is 11.3 Å². The molecule has 4 nitrogen and oxygen atoms in total. The largest absolute Gasteiger partial charge is 0.394 e. The minimum Gasteiger partial charge on any atom is -0.394 e. The third kappa shape index (κ3) is 3.49. The number of rotatable bonds is 3. The molecule has 1 saturated carbocycles. The Labute approximate surface area is 124 Å². The number of aliphatic hydroxyl groups excluding tert-OH is 1. The van der Waals surface area contributed by atoms with Crippen LogP contribution in [0.3, 0.4) is 0 Å². The van der Waals surface area contributed by atoms with Crippen molar-refractivity contribution in [3.63, 3.8) is 0 Å². The van der Waals surface area contributed by atoms with E-state index in [1.165, 1.54) is 0 Å². The Morgan fingerprint density at radius 3 is 2.95 bits per heavy atom. The molecule has 0 aliphatic heterocycles. The summed E-state index contributed by atoms with van der Waals surface area (Å²) in [7, 11) is 0. The van der Waals surface area contributed by atoms with Crippen LogP contribution >= 0.6 is 11.6 Å². The van der Waals surface area contributed by atoms with Gasteiger partial charge in [-0.05, 0) is 37.8 Å². The molecule has 2 N–H and O–H groups in total. The summed E-state index contributed by atoms with van der Waals surface area (Å²) < 4.78 is 0. The van der Waals surface area contributed by atoms with Gasteiger partial charge in [-0.3, -0.25) is 4.79 Å². The quantitative estimate of drug-likeness (QED) is 0.843. The lowest BCUT2D eigenvalue weighted by molar-refractivity contribution is 0.0697. The second kappa shape index (κ2) is 6.10. The number of hydrogen-bond donors (Lipinski definition) is 2. The number of carbonyl (C=O) groups is 1. The molecule has 5 heteroatoms. The van der Waals surface area contributed by atoms with Gasteiger partial charge in [-0.1, -0.05) is 31.4 Å². The highest BCUT2D eigenvalue weighted by atomic mass is 35.5. The van der Waals surface area contributed by atoms with Crippen LogP contribution in [0.4, 0.5) is 0 Å². The van der Waals surface area contributed by atoms with E-state index in [-0.39, 0.29) is 12.5 Å². The van der Waals surface area contributed by atoms with Crippen molar-refractivity contribution in [1.82, 2.24) is 10.3 Å². The molecular weight excluding hydrogens is 276 g/mol. The number of carbonyl (C=O) groups excluding carboxylic acids is 1. The van der Waals surface area contributed by atoms with E-state index in [4.69, 9.17) is 11.6 Å². The lowest BCUT2D eigenvalue weighted by Gasteiger charge is -2.39. The Hall–Kier alpha value is -1.13. The van der Waals surface area contributed by atoms with E-state index in [9.17, 15) is 9.90 Å². The van der Waals surface area contributed by atoms with Gasteiger partial charge >= 0.3 is 0 Å². The van der Waals surface area contributed by atoms with Gasteiger partial charge in [-0.15, -0.1) is 0 Å². The van der Waals surface area contributed by atoms with Gasteiger partial charge in [0.05, 0.1) is 12.1 Å². The first kappa shape index (κ1) is 15.3. The Morgan fingerprint density at radius 2 is 2.35 bits per heavy atom. The Balaban J connectivity index is 2.16. The number of aryl methyl sites for hydroxylation is 1. The first-order valence-corrected chi connectivity index (χ1v) is 7.39. The van der Waals surface area contributed by atoms with Crippen molar-refractivity contribution in [3.05, 3.63) is 28.5 Å².